The summed E-state index contributed by atoms with van der Waals surface area (Å²) in [6.45, 7) is 0. The number of hydrogen-bond donors (Lipinski definition) is 3. The van der Waals surface area contributed by atoms with E-state index in [4.69, 9.17) is 14.2 Å². The first-order valence-electron chi connectivity index (χ1n) is 21.2. The molecule has 6 aromatic rings. The second-order valence-electron chi connectivity index (χ2n) is 16.7. The number of ether oxygens (including phenoxy) is 3. The SMILES string of the molecule is O=C(O)C1[C@@H](c2ccccc2)C(C(=O)OC2CCC(Oc3ccc([C@@H]4[C@@H](C(=O)O)[C@@H](c5ccc(O)cc5)[C@@H]4C(=O)Oc4cccc5ccccc45)cc3)CC2)[C@@H]1c1ccccc1. The molecule has 3 saturated carbocycles. The quantitative estimate of drug-likeness (QED) is 0.0802. The number of phenols is 1. The monoisotopic (exact) mass is 830 g/mol. The highest BCUT2D eigenvalue weighted by atomic mass is 16.5. The fourth-order valence-electron chi connectivity index (χ4n) is 10.3. The van der Waals surface area contributed by atoms with Crippen molar-refractivity contribution >= 4 is 34.6 Å². The summed E-state index contributed by atoms with van der Waals surface area (Å²) in [7, 11) is 0. The molecule has 0 heterocycles. The van der Waals surface area contributed by atoms with Crippen LogP contribution in [-0.2, 0) is 23.9 Å². The standard InChI is InChI=1S/C52H46O10/c53-35-22-18-33(19-23-35)43-46(50(56)57)44(48(43)52(59)62-40-17-9-15-30-10-7-8-16-39(30)40)34-20-24-36(25-21-34)60-37-26-28-38(29-27-37)61-51(58)47-41(31-11-3-1-4-12-31)45(49(54)55)42(47)32-13-5-2-6-14-32/h1-25,37-38,41-48,53H,26-29H2,(H,54,55)(H,56,57)/t37?,38?,41-,42-,43-,44-,45?,46+,47?,48+/m1/s1. The van der Waals surface area contributed by atoms with E-state index in [1.807, 2.05) is 109 Å². The van der Waals surface area contributed by atoms with Gasteiger partial charge in [0.05, 0.1) is 29.8 Å². The van der Waals surface area contributed by atoms with E-state index in [1.54, 1.807) is 30.3 Å². The molecule has 3 aliphatic rings. The first-order valence-corrected chi connectivity index (χ1v) is 21.2. The van der Waals surface area contributed by atoms with Crippen LogP contribution in [0.15, 0.2) is 152 Å². The highest BCUT2D eigenvalue weighted by molar-refractivity contribution is 5.92. The number of aliphatic carboxylic acids is 2. The topological polar surface area (TPSA) is 157 Å². The molecule has 0 aromatic heterocycles. The lowest BCUT2D eigenvalue weighted by molar-refractivity contribution is -0.170. The Morgan fingerprint density at radius 2 is 0.903 bits per heavy atom. The van der Waals surface area contributed by atoms with E-state index in [0.717, 1.165) is 21.9 Å². The smallest absolute Gasteiger partial charge is 0.315 e. The fourth-order valence-corrected chi connectivity index (χ4v) is 10.3. The van der Waals surface area contributed by atoms with Crippen molar-refractivity contribution in [2.75, 3.05) is 0 Å². The Kier molecular flexibility index (Phi) is 11.2. The average molecular weight is 831 g/mol. The third kappa shape index (κ3) is 7.77. The molecule has 0 aliphatic heterocycles. The average Bonchev–Trinajstić information content (AvgIpc) is 3.25. The predicted molar refractivity (Wildman–Crippen MR) is 230 cm³/mol. The van der Waals surface area contributed by atoms with Crippen molar-refractivity contribution in [3.05, 3.63) is 174 Å². The minimum absolute atomic E-state index is 0.0368. The molecule has 0 amide bonds. The highest BCUT2D eigenvalue weighted by Gasteiger charge is 2.60. The summed E-state index contributed by atoms with van der Waals surface area (Å²) in [5.74, 6) is -7.44. The molecule has 0 saturated heterocycles. The predicted octanol–water partition coefficient (Wildman–Crippen LogP) is 9.48. The van der Waals surface area contributed by atoms with E-state index in [2.05, 4.69) is 0 Å². The zero-order valence-electron chi connectivity index (χ0n) is 33.7. The van der Waals surface area contributed by atoms with Gasteiger partial charge >= 0.3 is 23.9 Å². The van der Waals surface area contributed by atoms with Crippen molar-refractivity contribution in [2.24, 2.45) is 23.7 Å². The largest absolute Gasteiger partial charge is 0.508 e. The van der Waals surface area contributed by atoms with Gasteiger partial charge in [-0.1, -0.05) is 121 Å². The number of aromatic hydroxyl groups is 1. The number of benzene rings is 6. The lowest BCUT2D eigenvalue weighted by Gasteiger charge is -2.49. The maximum absolute atomic E-state index is 14.2. The van der Waals surface area contributed by atoms with Crippen molar-refractivity contribution in [1.29, 1.82) is 0 Å². The molecule has 6 aromatic carbocycles. The molecule has 0 unspecified atom stereocenters. The summed E-state index contributed by atoms with van der Waals surface area (Å²) in [6.07, 6.45) is 1.94. The number of carbonyl (C=O) groups excluding carboxylic acids is 2. The molecule has 3 aliphatic carbocycles. The van der Waals surface area contributed by atoms with Crippen LogP contribution < -0.4 is 9.47 Å². The minimum atomic E-state index is -1.04. The van der Waals surface area contributed by atoms with Gasteiger partial charge < -0.3 is 29.5 Å². The van der Waals surface area contributed by atoms with E-state index in [-0.39, 0.29) is 23.9 Å². The Bertz CT molecular complexity index is 2510. The lowest BCUT2D eigenvalue weighted by Crippen LogP contribution is -2.52. The zero-order chi connectivity index (χ0) is 42.9. The fraction of sp³-hybridized carbons (Fsp3) is 0.269. The third-order valence-corrected chi connectivity index (χ3v) is 13.3. The van der Waals surface area contributed by atoms with Gasteiger partial charge in [0.1, 0.15) is 23.4 Å². The second kappa shape index (κ2) is 17.2. The summed E-state index contributed by atoms with van der Waals surface area (Å²) in [5, 5.41) is 32.5. The molecule has 0 spiro atoms. The number of fused-ring (bicyclic) bond motifs is 1. The summed E-state index contributed by atoms with van der Waals surface area (Å²) < 4.78 is 18.6. The van der Waals surface area contributed by atoms with Crippen LogP contribution in [0.3, 0.4) is 0 Å². The van der Waals surface area contributed by atoms with Crippen LogP contribution in [0.4, 0.5) is 0 Å². The molecule has 6 atom stereocenters. The number of carboxylic acid groups (broad SMARTS) is 2. The number of carbonyl (C=O) groups is 4. The number of hydrogen-bond acceptors (Lipinski definition) is 8. The molecule has 10 nitrogen and oxygen atoms in total. The van der Waals surface area contributed by atoms with E-state index in [1.165, 1.54) is 12.1 Å². The maximum Gasteiger partial charge on any atom is 0.315 e. The molecule has 10 heteroatoms. The van der Waals surface area contributed by atoms with Gasteiger partial charge in [0.25, 0.3) is 0 Å². The summed E-state index contributed by atoms with van der Waals surface area (Å²) in [5.41, 5.74) is 2.90. The molecular weight excluding hydrogens is 785 g/mol. The van der Waals surface area contributed by atoms with Crippen LogP contribution in [0, 0.1) is 23.7 Å². The van der Waals surface area contributed by atoms with Crippen LogP contribution in [0.1, 0.15) is 71.6 Å². The van der Waals surface area contributed by atoms with Crippen LogP contribution >= 0.6 is 0 Å². The maximum atomic E-state index is 14.2. The van der Waals surface area contributed by atoms with Crippen molar-refractivity contribution in [3.63, 3.8) is 0 Å². The van der Waals surface area contributed by atoms with Crippen molar-refractivity contribution < 1.29 is 48.7 Å². The van der Waals surface area contributed by atoms with Crippen LogP contribution in [0.25, 0.3) is 10.8 Å². The summed E-state index contributed by atoms with van der Waals surface area (Å²) in [6, 6.07) is 45.2. The normalized spacial score (nSPS) is 26.6. The number of phenolic OH excluding ortho intramolecular Hbond substituents is 1. The highest BCUT2D eigenvalue weighted by Crippen LogP contribution is 2.59. The number of carboxylic acids is 2. The van der Waals surface area contributed by atoms with Gasteiger partial charge in [-0.15, -0.1) is 0 Å². The van der Waals surface area contributed by atoms with E-state index in [0.29, 0.717) is 48.3 Å². The Morgan fingerprint density at radius 1 is 0.452 bits per heavy atom. The first-order chi connectivity index (χ1) is 30.2. The van der Waals surface area contributed by atoms with Gasteiger partial charge in [-0.2, -0.15) is 0 Å². The van der Waals surface area contributed by atoms with Crippen molar-refractivity contribution in [2.45, 2.75) is 61.6 Å². The Morgan fingerprint density at radius 3 is 1.45 bits per heavy atom. The minimum Gasteiger partial charge on any atom is -0.508 e. The molecule has 3 fully saturated rings. The number of esters is 2. The molecule has 314 valence electrons. The van der Waals surface area contributed by atoms with Gasteiger partial charge in [-0.25, -0.2) is 0 Å². The zero-order valence-corrected chi connectivity index (χ0v) is 33.7. The van der Waals surface area contributed by atoms with Crippen molar-refractivity contribution in [3.8, 4) is 17.2 Å². The second-order valence-corrected chi connectivity index (χ2v) is 16.7. The molecule has 0 radical (unpaired) electrons. The van der Waals surface area contributed by atoms with E-state index >= 15 is 0 Å². The molecule has 0 bridgehead atoms. The van der Waals surface area contributed by atoms with E-state index < -0.39 is 65.3 Å². The van der Waals surface area contributed by atoms with Gasteiger partial charge in [0, 0.05) is 29.1 Å². The van der Waals surface area contributed by atoms with Crippen LogP contribution in [0.5, 0.6) is 17.2 Å². The van der Waals surface area contributed by atoms with Crippen molar-refractivity contribution in [1.82, 2.24) is 0 Å². The van der Waals surface area contributed by atoms with Crippen LogP contribution in [-0.4, -0.2) is 51.4 Å². The third-order valence-electron chi connectivity index (χ3n) is 13.3. The first kappa shape index (κ1) is 40.5. The number of rotatable bonds is 12. The van der Waals surface area contributed by atoms with Crippen LogP contribution in [0.2, 0.25) is 0 Å². The van der Waals surface area contributed by atoms with Gasteiger partial charge in [-0.3, -0.25) is 19.2 Å². The molecule has 3 N–H and O–H groups in total. The van der Waals surface area contributed by atoms with Gasteiger partial charge in [-0.05, 0) is 83.7 Å². The molecular formula is C52H46O10. The van der Waals surface area contributed by atoms with E-state index in [9.17, 15) is 34.5 Å². The molecule has 9 rings (SSSR count). The van der Waals surface area contributed by atoms with Gasteiger partial charge in [0.2, 0.25) is 0 Å². The summed E-state index contributed by atoms with van der Waals surface area (Å²) >= 11 is 0. The van der Waals surface area contributed by atoms with Gasteiger partial charge in [0.15, 0.2) is 0 Å². The molecule has 62 heavy (non-hydrogen) atoms. The Hall–Kier alpha value is -6.94. The lowest BCUT2D eigenvalue weighted by atomic mass is 9.52. The Balaban J connectivity index is 0.876. The summed E-state index contributed by atoms with van der Waals surface area (Å²) in [4.78, 5) is 53.7. The Labute approximate surface area is 358 Å².